The van der Waals surface area contributed by atoms with Crippen LogP contribution in [0.15, 0.2) is 46.9 Å². The van der Waals surface area contributed by atoms with Crippen molar-refractivity contribution in [2.45, 2.75) is 6.42 Å². The molecule has 0 aliphatic heterocycles. The fraction of sp³-hybridized carbons (Fsp3) is 0.0667. The Morgan fingerprint density at radius 1 is 1.16 bits per heavy atom. The maximum absolute atomic E-state index is 12.9. The molecule has 0 aliphatic rings. The van der Waals surface area contributed by atoms with Gasteiger partial charge in [0.1, 0.15) is 11.3 Å². The zero-order chi connectivity index (χ0) is 13.2. The number of nitrogens with zero attached hydrogens (tertiary/aromatic N) is 2. The predicted molar refractivity (Wildman–Crippen MR) is 68.7 cm³/mol. The molecule has 0 atom stereocenters. The van der Waals surface area contributed by atoms with E-state index >= 15 is 0 Å². The Kier molecular flexibility index (Phi) is 2.73. The van der Waals surface area contributed by atoms with Crippen LogP contribution in [-0.2, 0) is 6.42 Å². The summed E-state index contributed by atoms with van der Waals surface area (Å²) in [4.78, 5) is 4.36. The second-order valence-corrected chi connectivity index (χ2v) is 4.16. The summed E-state index contributed by atoms with van der Waals surface area (Å²) in [6.07, 6.45) is 0.342. The summed E-state index contributed by atoms with van der Waals surface area (Å²) < 4.78 is 18.5. The fourth-order valence-corrected chi connectivity index (χ4v) is 1.89. The Labute approximate surface area is 108 Å². The lowest BCUT2D eigenvalue weighted by Crippen LogP contribution is -1.80. The molecule has 2 aromatic carbocycles. The van der Waals surface area contributed by atoms with Crippen molar-refractivity contribution in [3.05, 3.63) is 53.8 Å². The van der Waals surface area contributed by atoms with Crippen molar-refractivity contribution < 1.29 is 8.81 Å². The Bertz CT molecular complexity index is 769. The van der Waals surface area contributed by atoms with Crippen molar-refractivity contribution in [2.75, 3.05) is 0 Å². The van der Waals surface area contributed by atoms with Crippen LogP contribution in [0.25, 0.3) is 22.6 Å². The van der Waals surface area contributed by atoms with Gasteiger partial charge in [-0.3, -0.25) is 0 Å². The van der Waals surface area contributed by atoms with Gasteiger partial charge in [0.2, 0.25) is 5.89 Å². The minimum Gasteiger partial charge on any atom is -0.436 e. The first-order valence-electron chi connectivity index (χ1n) is 5.78. The molecule has 1 heterocycles. The monoisotopic (exact) mass is 252 g/mol. The normalized spacial score (nSPS) is 10.5. The molecular weight excluding hydrogens is 243 g/mol. The van der Waals surface area contributed by atoms with Gasteiger partial charge >= 0.3 is 0 Å². The third-order valence-corrected chi connectivity index (χ3v) is 2.83. The summed E-state index contributed by atoms with van der Waals surface area (Å²) >= 11 is 0. The van der Waals surface area contributed by atoms with Crippen molar-refractivity contribution in [3.8, 4) is 17.5 Å². The molecular formula is C15H9FN2O. The van der Waals surface area contributed by atoms with Crippen LogP contribution in [0.5, 0.6) is 0 Å². The number of oxazole rings is 1. The molecule has 0 amide bonds. The van der Waals surface area contributed by atoms with Gasteiger partial charge < -0.3 is 4.42 Å². The first-order valence-corrected chi connectivity index (χ1v) is 5.78. The number of aromatic nitrogens is 1. The highest BCUT2D eigenvalue weighted by atomic mass is 19.1. The van der Waals surface area contributed by atoms with Crippen LogP contribution in [0.4, 0.5) is 4.39 Å². The van der Waals surface area contributed by atoms with E-state index in [-0.39, 0.29) is 5.82 Å². The minimum atomic E-state index is -0.295. The zero-order valence-electron chi connectivity index (χ0n) is 9.93. The van der Waals surface area contributed by atoms with Gasteiger partial charge in [0, 0.05) is 5.56 Å². The number of hydrogen-bond donors (Lipinski definition) is 0. The van der Waals surface area contributed by atoms with Crippen LogP contribution in [-0.4, -0.2) is 4.98 Å². The van der Waals surface area contributed by atoms with Gasteiger partial charge in [-0.1, -0.05) is 6.07 Å². The number of fused-ring (bicyclic) bond motifs is 1. The first-order chi connectivity index (χ1) is 9.26. The van der Waals surface area contributed by atoms with E-state index in [0.717, 1.165) is 11.1 Å². The van der Waals surface area contributed by atoms with Gasteiger partial charge in [0.05, 0.1) is 12.5 Å². The van der Waals surface area contributed by atoms with Crippen molar-refractivity contribution >= 4 is 11.1 Å². The zero-order valence-corrected chi connectivity index (χ0v) is 9.93. The first kappa shape index (κ1) is 11.4. The van der Waals surface area contributed by atoms with E-state index in [0.29, 0.717) is 23.4 Å². The maximum atomic E-state index is 12.9. The molecule has 0 fully saturated rings. The van der Waals surface area contributed by atoms with Crippen LogP contribution in [0.3, 0.4) is 0 Å². The van der Waals surface area contributed by atoms with Crippen LogP contribution in [0, 0.1) is 17.1 Å². The number of benzene rings is 2. The van der Waals surface area contributed by atoms with Crippen molar-refractivity contribution in [3.63, 3.8) is 0 Å². The summed E-state index contributed by atoms with van der Waals surface area (Å²) in [7, 11) is 0. The lowest BCUT2D eigenvalue weighted by atomic mass is 10.1. The van der Waals surface area contributed by atoms with Crippen LogP contribution in [0.1, 0.15) is 5.56 Å². The van der Waals surface area contributed by atoms with E-state index in [1.54, 1.807) is 18.2 Å². The summed E-state index contributed by atoms with van der Waals surface area (Å²) in [5, 5.41) is 8.67. The summed E-state index contributed by atoms with van der Waals surface area (Å²) in [5.41, 5.74) is 2.97. The Morgan fingerprint density at radius 3 is 2.68 bits per heavy atom. The average Bonchev–Trinajstić information content (AvgIpc) is 2.83. The van der Waals surface area contributed by atoms with Gasteiger partial charge in [0.15, 0.2) is 5.58 Å². The molecule has 3 rings (SSSR count). The van der Waals surface area contributed by atoms with Crippen LogP contribution >= 0.6 is 0 Å². The van der Waals surface area contributed by atoms with Crippen molar-refractivity contribution in [2.24, 2.45) is 0 Å². The lowest BCUT2D eigenvalue weighted by molar-refractivity contribution is 0.616. The third kappa shape index (κ3) is 2.18. The van der Waals surface area contributed by atoms with E-state index in [1.165, 1.54) is 12.1 Å². The molecule has 0 unspecified atom stereocenters. The summed E-state index contributed by atoms with van der Waals surface area (Å²) in [6.45, 7) is 0. The molecule has 1 aromatic heterocycles. The SMILES string of the molecule is N#CCc1ccc2oc(-c3ccc(F)cc3)nc2c1. The highest BCUT2D eigenvalue weighted by molar-refractivity contribution is 5.77. The molecule has 4 heteroatoms. The van der Waals surface area contributed by atoms with E-state index in [1.807, 2.05) is 12.1 Å². The van der Waals surface area contributed by atoms with E-state index in [2.05, 4.69) is 11.1 Å². The quantitative estimate of drug-likeness (QED) is 0.698. The van der Waals surface area contributed by atoms with Gasteiger partial charge in [-0.05, 0) is 42.0 Å². The highest BCUT2D eigenvalue weighted by Gasteiger charge is 2.08. The molecule has 0 bridgehead atoms. The molecule has 0 aliphatic carbocycles. The molecule has 0 saturated carbocycles. The second-order valence-electron chi connectivity index (χ2n) is 4.16. The molecule has 3 aromatic rings. The van der Waals surface area contributed by atoms with Crippen molar-refractivity contribution in [1.29, 1.82) is 5.26 Å². The molecule has 3 nitrogen and oxygen atoms in total. The van der Waals surface area contributed by atoms with Gasteiger partial charge in [0.25, 0.3) is 0 Å². The lowest BCUT2D eigenvalue weighted by Gasteiger charge is -1.93. The van der Waals surface area contributed by atoms with E-state index in [4.69, 9.17) is 9.68 Å². The summed E-state index contributed by atoms with van der Waals surface area (Å²) in [6, 6.07) is 13.5. The minimum absolute atomic E-state index is 0.295. The van der Waals surface area contributed by atoms with Gasteiger partial charge in [-0.25, -0.2) is 9.37 Å². The van der Waals surface area contributed by atoms with E-state index in [9.17, 15) is 4.39 Å². The third-order valence-electron chi connectivity index (χ3n) is 2.83. The standard InChI is InChI=1S/C15H9FN2O/c16-12-4-2-11(3-5-12)15-18-13-9-10(7-8-17)1-6-14(13)19-15/h1-6,9H,7H2. The maximum Gasteiger partial charge on any atom is 0.227 e. The molecule has 92 valence electrons. The molecule has 0 N–H and O–H groups in total. The molecule has 0 saturated heterocycles. The number of hydrogen-bond acceptors (Lipinski definition) is 3. The summed E-state index contributed by atoms with van der Waals surface area (Å²) in [5.74, 6) is 0.153. The molecule has 0 spiro atoms. The Morgan fingerprint density at radius 2 is 1.95 bits per heavy atom. The van der Waals surface area contributed by atoms with Crippen molar-refractivity contribution in [1.82, 2.24) is 4.98 Å². The average molecular weight is 252 g/mol. The Balaban J connectivity index is 2.06. The van der Waals surface area contributed by atoms with Crippen LogP contribution < -0.4 is 0 Å². The number of nitriles is 1. The predicted octanol–water partition coefficient (Wildman–Crippen LogP) is 3.70. The highest BCUT2D eigenvalue weighted by Crippen LogP contribution is 2.25. The number of halogens is 1. The topological polar surface area (TPSA) is 49.8 Å². The second kappa shape index (κ2) is 4.54. The van der Waals surface area contributed by atoms with Gasteiger partial charge in [-0.2, -0.15) is 5.26 Å². The fourth-order valence-electron chi connectivity index (χ4n) is 1.89. The Hall–Kier alpha value is -2.67. The number of rotatable bonds is 2. The van der Waals surface area contributed by atoms with Gasteiger partial charge in [-0.15, -0.1) is 0 Å². The van der Waals surface area contributed by atoms with Crippen LogP contribution in [0.2, 0.25) is 0 Å². The largest absolute Gasteiger partial charge is 0.436 e. The molecule has 0 radical (unpaired) electrons. The smallest absolute Gasteiger partial charge is 0.227 e. The van der Waals surface area contributed by atoms with E-state index < -0.39 is 0 Å². The molecule has 19 heavy (non-hydrogen) atoms.